The molecule has 0 radical (unpaired) electrons. The van der Waals surface area contributed by atoms with E-state index in [2.05, 4.69) is 16.0 Å². The van der Waals surface area contributed by atoms with Crippen molar-refractivity contribution in [2.45, 2.75) is 25.4 Å². The minimum Gasteiger partial charge on any atom is -0.370 e. The lowest BCUT2D eigenvalue weighted by atomic mass is 10.1. The van der Waals surface area contributed by atoms with Gasteiger partial charge in [0.25, 0.3) is 0 Å². The van der Waals surface area contributed by atoms with Gasteiger partial charge in [-0.2, -0.15) is 13.2 Å². The van der Waals surface area contributed by atoms with Gasteiger partial charge in [0.2, 0.25) is 11.8 Å². The van der Waals surface area contributed by atoms with Crippen LogP contribution in [-0.2, 0) is 15.8 Å². The molecule has 2 rings (SSSR count). The molecule has 0 bridgehead atoms. The molecule has 26 heavy (non-hydrogen) atoms. The van der Waals surface area contributed by atoms with E-state index < -0.39 is 17.6 Å². The molecule has 9 heteroatoms. The van der Waals surface area contributed by atoms with Crippen LogP contribution in [0.3, 0.4) is 0 Å². The zero-order valence-electron chi connectivity index (χ0n) is 14.6. The highest BCUT2D eigenvalue weighted by Gasteiger charge is 2.31. The second kappa shape index (κ2) is 8.88. The molecule has 1 heterocycles. The molecule has 0 spiro atoms. The Morgan fingerprint density at radius 1 is 1.08 bits per heavy atom. The Labute approximate surface area is 150 Å². The lowest BCUT2D eigenvalue weighted by Gasteiger charge is -2.31. The molecule has 1 fully saturated rings. The number of alkyl halides is 3. The predicted octanol–water partition coefficient (Wildman–Crippen LogP) is 1.97. The van der Waals surface area contributed by atoms with Crippen LogP contribution < -0.4 is 20.9 Å². The lowest BCUT2D eigenvalue weighted by molar-refractivity contribution is -0.137. The van der Waals surface area contributed by atoms with Gasteiger partial charge in [-0.25, -0.2) is 0 Å². The standard InChI is InChI=1S/C17H23F3N4O2/c1-21-15(25)10-22-11-16(26)23-13-9-12(17(18,19)20)5-6-14(13)24-7-3-2-4-8-24/h5-6,9,22H,2-4,7-8,10-11H2,1H3,(H,21,25)(H,23,26). The van der Waals surface area contributed by atoms with Crippen molar-refractivity contribution in [1.82, 2.24) is 10.6 Å². The highest BCUT2D eigenvalue weighted by molar-refractivity contribution is 5.96. The summed E-state index contributed by atoms with van der Waals surface area (Å²) in [5.74, 6) is -0.794. The number of carbonyl (C=O) groups excluding carboxylic acids is 2. The van der Waals surface area contributed by atoms with Gasteiger partial charge in [0, 0.05) is 20.1 Å². The average molecular weight is 372 g/mol. The predicted molar refractivity (Wildman–Crippen MR) is 93.1 cm³/mol. The Morgan fingerprint density at radius 3 is 2.35 bits per heavy atom. The van der Waals surface area contributed by atoms with Crippen LogP contribution in [0.4, 0.5) is 24.5 Å². The molecule has 0 aliphatic carbocycles. The molecular weight excluding hydrogens is 349 g/mol. The van der Waals surface area contributed by atoms with Crippen molar-refractivity contribution in [3.8, 4) is 0 Å². The second-order valence-corrected chi connectivity index (χ2v) is 6.10. The summed E-state index contributed by atoms with van der Waals surface area (Å²) in [5, 5.41) is 7.58. The number of halogens is 3. The fraction of sp³-hybridized carbons (Fsp3) is 0.529. The normalized spacial score (nSPS) is 14.8. The molecule has 1 saturated heterocycles. The van der Waals surface area contributed by atoms with E-state index >= 15 is 0 Å². The van der Waals surface area contributed by atoms with Crippen LogP contribution in [0.5, 0.6) is 0 Å². The largest absolute Gasteiger partial charge is 0.416 e. The fourth-order valence-electron chi connectivity index (χ4n) is 2.80. The molecule has 1 aliphatic rings. The van der Waals surface area contributed by atoms with Gasteiger partial charge in [-0.15, -0.1) is 0 Å². The topological polar surface area (TPSA) is 73.5 Å². The van der Waals surface area contributed by atoms with E-state index in [9.17, 15) is 22.8 Å². The highest BCUT2D eigenvalue weighted by Crippen LogP contribution is 2.36. The van der Waals surface area contributed by atoms with Gasteiger partial charge >= 0.3 is 6.18 Å². The summed E-state index contributed by atoms with van der Waals surface area (Å²) in [7, 11) is 1.47. The Balaban J connectivity index is 2.14. The minimum atomic E-state index is -4.49. The van der Waals surface area contributed by atoms with Gasteiger partial charge in [-0.1, -0.05) is 0 Å². The van der Waals surface area contributed by atoms with Crippen molar-refractivity contribution in [2.24, 2.45) is 0 Å². The number of benzene rings is 1. The summed E-state index contributed by atoms with van der Waals surface area (Å²) < 4.78 is 39.1. The van der Waals surface area contributed by atoms with Crippen molar-refractivity contribution in [2.75, 3.05) is 43.4 Å². The SMILES string of the molecule is CNC(=O)CNCC(=O)Nc1cc(C(F)(F)F)ccc1N1CCCCC1. The van der Waals surface area contributed by atoms with Gasteiger partial charge in [0.15, 0.2) is 0 Å². The van der Waals surface area contributed by atoms with Gasteiger partial charge in [-0.05, 0) is 37.5 Å². The van der Waals surface area contributed by atoms with Crippen LogP contribution in [0, 0.1) is 0 Å². The number of anilines is 2. The van der Waals surface area contributed by atoms with Crippen LogP contribution in [0.25, 0.3) is 0 Å². The summed E-state index contributed by atoms with van der Waals surface area (Å²) in [6, 6.07) is 3.39. The number of rotatable bonds is 6. The maximum atomic E-state index is 13.0. The van der Waals surface area contributed by atoms with Gasteiger partial charge in [-0.3, -0.25) is 14.9 Å². The molecule has 144 valence electrons. The molecule has 1 aromatic carbocycles. The van der Waals surface area contributed by atoms with Crippen LogP contribution >= 0.6 is 0 Å². The molecular formula is C17H23F3N4O2. The smallest absolute Gasteiger partial charge is 0.370 e. The quantitative estimate of drug-likeness (QED) is 0.714. The molecule has 6 nitrogen and oxygen atoms in total. The lowest BCUT2D eigenvalue weighted by Crippen LogP contribution is -2.36. The maximum Gasteiger partial charge on any atom is 0.416 e. The van der Waals surface area contributed by atoms with Crippen molar-refractivity contribution in [1.29, 1.82) is 0 Å². The number of amides is 2. The Kier molecular flexibility index (Phi) is 6.84. The zero-order chi connectivity index (χ0) is 19.2. The van der Waals surface area contributed by atoms with Gasteiger partial charge in [0.05, 0.1) is 30.0 Å². The van der Waals surface area contributed by atoms with E-state index in [1.165, 1.54) is 13.1 Å². The third-order valence-corrected chi connectivity index (χ3v) is 4.14. The molecule has 1 aromatic rings. The first-order valence-electron chi connectivity index (χ1n) is 8.48. The third kappa shape index (κ3) is 5.62. The molecule has 0 unspecified atom stereocenters. The molecule has 0 aromatic heterocycles. The summed E-state index contributed by atoms with van der Waals surface area (Å²) in [5.41, 5.74) is -0.0994. The third-order valence-electron chi connectivity index (χ3n) is 4.14. The van der Waals surface area contributed by atoms with E-state index in [0.717, 1.165) is 44.5 Å². The van der Waals surface area contributed by atoms with Crippen molar-refractivity contribution in [3.63, 3.8) is 0 Å². The Hall–Kier alpha value is -2.29. The summed E-state index contributed by atoms with van der Waals surface area (Å²) in [6.45, 7) is 1.25. The first kappa shape index (κ1) is 20.0. The molecule has 0 atom stereocenters. The van der Waals surface area contributed by atoms with Crippen molar-refractivity contribution >= 4 is 23.2 Å². The molecule has 2 amide bonds. The number of nitrogens with one attached hydrogen (secondary N) is 3. The van der Waals surface area contributed by atoms with Crippen LogP contribution in [0.15, 0.2) is 18.2 Å². The Morgan fingerprint density at radius 2 is 1.73 bits per heavy atom. The maximum absolute atomic E-state index is 13.0. The zero-order valence-corrected chi connectivity index (χ0v) is 14.6. The second-order valence-electron chi connectivity index (χ2n) is 6.10. The number of hydrogen-bond acceptors (Lipinski definition) is 4. The van der Waals surface area contributed by atoms with Crippen molar-refractivity contribution in [3.05, 3.63) is 23.8 Å². The summed E-state index contributed by atoms with van der Waals surface area (Å²) in [6.07, 6.45) is -1.48. The monoisotopic (exact) mass is 372 g/mol. The first-order chi connectivity index (χ1) is 12.3. The Bertz CT molecular complexity index is 643. The van der Waals surface area contributed by atoms with E-state index in [4.69, 9.17) is 0 Å². The molecule has 0 saturated carbocycles. The highest BCUT2D eigenvalue weighted by atomic mass is 19.4. The summed E-state index contributed by atoms with van der Waals surface area (Å²) >= 11 is 0. The minimum absolute atomic E-state index is 0.0501. The molecule has 1 aliphatic heterocycles. The van der Waals surface area contributed by atoms with E-state index in [0.29, 0.717) is 5.69 Å². The van der Waals surface area contributed by atoms with Gasteiger partial charge in [0.1, 0.15) is 0 Å². The fourth-order valence-corrected chi connectivity index (χ4v) is 2.80. The van der Waals surface area contributed by atoms with E-state index in [1.807, 2.05) is 4.90 Å². The van der Waals surface area contributed by atoms with Gasteiger partial charge < -0.3 is 15.5 Å². The molecule has 3 N–H and O–H groups in total. The van der Waals surface area contributed by atoms with E-state index in [1.54, 1.807) is 0 Å². The van der Waals surface area contributed by atoms with Crippen LogP contribution in [0.2, 0.25) is 0 Å². The van der Waals surface area contributed by atoms with Crippen molar-refractivity contribution < 1.29 is 22.8 Å². The number of carbonyl (C=O) groups is 2. The summed E-state index contributed by atoms with van der Waals surface area (Å²) in [4.78, 5) is 25.2. The number of likely N-dealkylation sites (N-methyl/N-ethyl adjacent to an activating group) is 1. The number of nitrogens with zero attached hydrogens (tertiary/aromatic N) is 1. The number of hydrogen-bond donors (Lipinski definition) is 3. The van der Waals surface area contributed by atoms with Crippen LogP contribution in [0.1, 0.15) is 24.8 Å². The van der Waals surface area contributed by atoms with Crippen LogP contribution in [-0.4, -0.2) is 45.0 Å². The van der Waals surface area contributed by atoms with E-state index in [-0.39, 0.29) is 24.7 Å². The number of piperidine rings is 1. The average Bonchev–Trinajstić information content (AvgIpc) is 2.61. The first-order valence-corrected chi connectivity index (χ1v) is 8.48.